The molecule has 3 nitrogen and oxygen atoms in total. The van der Waals surface area contributed by atoms with Gasteiger partial charge in [-0.25, -0.2) is 0 Å². The van der Waals surface area contributed by atoms with E-state index >= 15 is 0 Å². The van der Waals surface area contributed by atoms with Crippen LogP contribution in [0.1, 0.15) is 16.7 Å². The van der Waals surface area contributed by atoms with Crippen LogP contribution in [0.15, 0.2) is 78.9 Å². The van der Waals surface area contributed by atoms with Crippen LogP contribution in [0.3, 0.4) is 0 Å². The lowest BCUT2D eigenvalue weighted by Crippen LogP contribution is -2.16. The summed E-state index contributed by atoms with van der Waals surface area (Å²) in [5, 5.41) is 1.16. The van der Waals surface area contributed by atoms with Gasteiger partial charge in [-0.3, -0.25) is 9.36 Å². The van der Waals surface area contributed by atoms with E-state index in [0.29, 0.717) is 16.6 Å². The first-order valence-corrected chi connectivity index (χ1v) is 10.6. The largest absolute Gasteiger partial charge is 0.306 e. The van der Waals surface area contributed by atoms with Gasteiger partial charge >= 0.3 is 0 Å². The molecule has 0 saturated heterocycles. The van der Waals surface area contributed by atoms with Crippen molar-refractivity contribution >= 4 is 32.9 Å². The minimum absolute atomic E-state index is 0.567. The molecular formula is C22H24O3P2. The molecule has 3 rings (SSSR count). The third kappa shape index (κ3) is 6.10. The Kier molecular flexibility index (Phi) is 9.58. The Bertz CT molecular complexity index is 830. The molecule has 0 radical (unpaired) electrons. The highest BCUT2D eigenvalue weighted by atomic mass is 31.2. The fourth-order valence-corrected chi connectivity index (χ4v) is 4.24. The maximum atomic E-state index is 12.6. The number of rotatable bonds is 3. The van der Waals surface area contributed by atoms with E-state index < -0.39 is 7.14 Å². The zero-order valence-corrected chi connectivity index (χ0v) is 17.6. The molecule has 0 amide bonds. The predicted molar refractivity (Wildman–Crippen MR) is 116 cm³/mol. The molecule has 0 atom stereocenters. The van der Waals surface area contributed by atoms with Gasteiger partial charge in [0.2, 0.25) is 7.14 Å². The van der Waals surface area contributed by atoms with E-state index in [4.69, 9.17) is 4.57 Å². The minimum Gasteiger partial charge on any atom is -0.306 e. The summed E-state index contributed by atoms with van der Waals surface area (Å²) in [6.45, 7) is 6.44. The van der Waals surface area contributed by atoms with Crippen molar-refractivity contribution in [1.82, 2.24) is 0 Å². The van der Waals surface area contributed by atoms with Gasteiger partial charge in [-0.05, 0) is 37.5 Å². The minimum atomic E-state index is -3.09. The maximum absolute atomic E-state index is 12.6. The van der Waals surface area contributed by atoms with Crippen molar-refractivity contribution in [3.8, 4) is 0 Å². The Morgan fingerprint density at radius 1 is 0.667 bits per heavy atom. The van der Waals surface area contributed by atoms with Gasteiger partial charge in [0.15, 0.2) is 6.03 Å². The van der Waals surface area contributed by atoms with Crippen molar-refractivity contribution in [3.63, 3.8) is 0 Å². The molecule has 0 unspecified atom stereocenters. The number of hydrogen-bond acceptors (Lipinski definition) is 3. The van der Waals surface area contributed by atoms with E-state index in [9.17, 15) is 9.36 Å². The van der Waals surface area contributed by atoms with Crippen LogP contribution in [-0.4, -0.2) is 6.03 Å². The first-order chi connectivity index (χ1) is 13.0. The monoisotopic (exact) mass is 398 g/mol. The second-order valence-corrected chi connectivity index (χ2v) is 8.51. The zero-order chi connectivity index (χ0) is 20.3. The van der Waals surface area contributed by atoms with E-state index in [0.717, 1.165) is 0 Å². The highest BCUT2D eigenvalue weighted by Crippen LogP contribution is 2.39. The van der Waals surface area contributed by atoms with Crippen LogP contribution in [0.2, 0.25) is 0 Å². The molecule has 0 fully saturated rings. The molecule has 27 heavy (non-hydrogen) atoms. The number of aryl methyl sites for hydroxylation is 2. The van der Waals surface area contributed by atoms with Gasteiger partial charge in [0.1, 0.15) is 9.12 Å². The van der Waals surface area contributed by atoms with Gasteiger partial charge in [-0.15, -0.1) is 0 Å². The van der Waals surface area contributed by atoms with E-state index in [-0.39, 0.29) is 0 Å². The summed E-state index contributed by atoms with van der Waals surface area (Å²) in [4.78, 5) is 11.2. The quantitative estimate of drug-likeness (QED) is 0.446. The SMILES string of the molecule is Cc1cccc(C)c1C.O=CP(=O)(c1ccccc1)c1ccccc1.O=P. The molecule has 0 aliphatic heterocycles. The second kappa shape index (κ2) is 11.4. The van der Waals surface area contributed by atoms with Crippen molar-refractivity contribution < 1.29 is 13.9 Å². The average molecular weight is 398 g/mol. The molecule has 5 heteroatoms. The molecule has 140 valence electrons. The first-order valence-electron chi connectivity index (χ1n) is 8.39. The Morgan fingerprint density at radius 2 is 1.04 bits per heavy atom. The Balaban J connectivity index is 0.000000282. The Labute approximate surface area is 163 Å². The van der Waals surface area contributed by atoms with Gasteiger partial charge in [0.05, 0.1) is 0 Å². The molecule has 0 aliphatic carbocycles. The second-order valence-electron chi connectivity index (χ2n) is 5.95. The number of carbonyl (C=O) groups is 1. The molecule has 0 bridgehead atoms. The van der Waals surface area contributed by atoms with Crippen LogP contribution in [-0.2, 0) is 13.9 Å². The topological polar surface area (TPSA) is 51.2 Å². The summed E-state index contributed by atoms with van der Waals surface area (Å²) in [5.74, 6) is 0. The van der Waals surface area contributed by atoms with E-state index in [1.807, 2.05) is 12.1 Å². The molecular weight excluding hydrogens is 374 g/mol. The van der Waals surface area contributed by atoms with Gasteiger partial charge in [-0.1, -0.05) is 78.9 Å². The third-order valence-electron chi connectivity index (χ3n) is 4.30. The number of carbonyl (C=O) groups excluding carboxylic acids is 1. The Hall–Kier alpha value is -2.34. The van der Waals surface area contributed by atoms with Crippen LogP contribution in [0.25, 0.3) is 0 Å². The predicted octanol–water partition coefficient (Wildman–Crippen LogP) is 5.28. The van der Waals surface area contributed by atoms with Crippen molar-refractivity contribution in [1.29, 1.82) is 0 Å². The van der Waals surface area contributed by atoms with Crippen LogP contribution in [0, 0.1) is 20.8 Å². The van der Waals surface area contributed by atoms with Crippen molar-refractivity contribution in [3.05, 3.63) is 95.6 Å². The van der Waals surface area contributed by atoms with Gasteiger partial charge in [0, 0.05) is 10.6 Å². The molecule has 0 aliphatic rings. The molecule has 0 saturated carbocycles. The fraction of sp³-hybridized carbons (Fsp3) is 0.136. The molecule has 0 aromatic heterocycles. The lowest BCUT2D eigenvalue weighted by Gasteiger charge is -2.11. The summed E-state index contributed by atoms with van der Waals surface area (Å²) < 4.78 is 20.7. The Morgan fingerprint density at radius 3 is 1.33 bits per heavy atom. The summed E-state index contributed by atoms with van der Waals surface area (Å²) in [6.07, 6.45) is 0. The fourth-order valence-electron chi connectivity index (χ4n) is 2.47. The lowest BCUT2D eigenvalue weighted by molar-refractivity contribution is 0.557. The standard InChI is InChI=1S/C13H11O2P.C9H12.HOP/c14-11-16(15,12-7-3-1-4-8-12)13-9-5-2-6-10-13;1-7-5-4-6-8(2)9(7)3;1-2/h1-11H;4-6H,1-3H3;2H. The van der Waals surface area contributed by atoms with Gasteiger partial charge < -0.3 is 4.57 Å². The normalized spacial score (nSPS) is 9.89. The van der Waals surface area contributed by atoms with Crippen LogP contribution in [0.5, 0.6) is 0 Å². The van der Waals surface area contributed by atoms with E-state index in [1.54, 1.807) is 57.7 Å². The molecule has 0 spiro atoms. The summed E-state index contributed by atoms with van der Waals surface area (Å²) >= 11 is 0. The van der Waals surface area contributed by atoms with Crippen molar-refractivity contribution in [2.75, 3.05) is 0 Å². The van der Waals surface area contributed by atoms with Crippen molar-refractivity contribution in [2.24, 2.45) is 0 Å². The maximum Gasteiger partial charge on any atom is 0.201 e. The van der Waals surface area contributed by atoms with Crippen LogP contribution in [0.4, 0.5) is 0 Å². The van der Waals surface area contributed by atoms with Crippen LogP contribution < -0.4 is 10.6 Å². The lowest BCUT2D eigenvalue weighted by atomic mass is 10.1. The summed E-state index contributed by atoms with van der Waals surface area (Å²) in [7, 11) is -1.36. The van der Waals surface area contributed by atoms with Gasteiger partial charge in [-0.2, -0.15) is 0 Å². The zero-order valence-electron chi connectivity index (χ0n) is 15.8. The third-order valence-corrected chi connectivity index (χ3v) is 6.73. The number of hydrogen-bond donors (Lipinski definition) is 0. The van der Waals surface area contributed by atoms with E-state index in [1.165, 1.54) is 16.7 Å². The van der Waals surface area contributed by atoms with E-state index in [2.05, 4.69) is 39.0 Å². The molecule has 0 heterocycles. The number of benzene rings is 3. The highest BCUT2D eigenvalue weighted by molar-refractivity contribution is 7.91. The van der Waals surface area contributed by atoms with Crippen LogP contribution >= 0.6 is 16.3 Å². The summed E-state index contributed by atoms with van der Waals surface area (Å²) in [6, 6.07) is 24.7. The van der Waals surface area contributed by atoms with Crippen molar-refractivity contribution in [2.45, 2.75) is 20.8 Å². The average Bonchev–Trinajstić information content (AvgIpc) is 2.74. The molecule has 3 aromatic carbocycles. The molecule has 0 N–H and O–H groups in total. The molecule has 3 aromatic rings. The smallest absolute Gasteiger partial charge is 0.201 e. The highest BCUT2D eigenvalue weighted by Gasteiger charge is 2.25. The van der Waals surface area contributed by atoms with Gasteiger partial charge in [0.25, 0.3) is 0 Å². The summed E-state index contributed by atoms with van der Waals surface area (Å²) in [5.41, 5.74) is 4.18. The first kappa shape index (κ1) is 22.7.